The number of ether oxygens (including phenoxy) is 1. The van der Waals surface area contributed by atoms with E-state index >= 15 is 0 Å². The van der Waals surface area contributed by atoms with Gasteiger partial charge in [-0.2, -0.15) is 0 Å². The molecule has 0 aliphatic heterocycles. The second-order valence-corrected chi connectivity index (χ2v) is 3.03. The number of nitrogens with two attached hydrogens (primary N) is 1. The van der Waals surface area contributed by atoms with E-state index in [9.17, 15) is 4.39 Å². The van der Waals surface area contributed by atoms with E-state index in [4.69, 9.17) is 15.6 Å². The van der Waals surface area contributed by atoms with Crippen LogP contribution in [0.2, 0.25) is 0 Å². The fourth-order valence-corrected chi connectivity index (χ4v) is 0.961. The number of halogens is 1. The van der Waals surface area contributed by atoms with Crippen LogP contribution in [0.15, 0.2) is 24.3 Å². The summed E-state index contributed by atoms with van der Waals surface area (Å²) in [4.78, 5) is 0. The molecule has 3 nitrogen and oxygen atoms in total. The molecule has 0 saturated heterocycles. The molecule has 0 aliphatic rings. The lowest BCUT2D eigenvalue weighted by Gasteiger charge is -2.08. The van der Waals surface area contributed by atoms with E-state index in [2.05, 4.69) is 0 Å². The molecule has 3 N–H and O–H groups in total. The van der Waals surface area contributed by atoms with Gasteiger partial charge >= 0.3 is 0 Å². The molecule has 0 spiro atoms. The molecular weight excluding hydrogens is 185 g/mol. The van der Waals surface area contributed by atoms with Crippen LogP contribution >= 0.6 is 0 Å². The molecule has 0 bridgehead atoms. The maximum Gasteiger partial charge on any atom is 0.123 e. The Labute approximate surface area is 82.3 Å². The third-order valence-corrected chi connectivity index (χ3v) is 1.76. The van der Waals surface area contributed by atoms with Crippen molar-refractivity contribution in [1.29, 1.82) is 0 Å². The van der Waals surface area contributed by atoms with Gasteiger partial charge in [-0.15, -0.1) is 0 Å². The number of aliphatic hydroxyl groups is 1. The minimum atomic E-state index is -0.629. The summed E-state index contributed by atoms with van der Waals surface area (Å²) in [6, 6.07) is 6.03. The van der Waals surface area contributed by atoms with Crippen LogP contribution in [-0.4, -0.2) is 24.4 Å². The number of hydrogen-bond acceptors (Lipinski definition) is 3. The largest absolute Gasteiger partial charge is 0.389 e. The highest BCUT2D eigenvalue weighted by atomic mass is 19.1. The lowest BCUT2D eigenvalue weighted by atomic mass is 10.2. The lowest BCUT2D eigenvalue weighted by Crippen LogP contribution is -2.24. The van der Waals surface area contributed by atoms with Crippen LogP contribution in [0.5, 0.6) is 0 Å². The lowest BCUT2D eigenvalue weighted by molar-refractivity contribution is 0.0329. The van der Waals surface area contributed by atoms with Crippen molar-refractivity contribution in [2.75, 3.05) is 13.2 Å². The Balaban J connectivity index is 2.28. The van der Waals surface area contributed by atoms with Crippen molar-refractivity contribution < 1.29 is 14.2 Å². The Morgan fingerprint density at radius 2 is 2.00 bits per heavy atom. The van der Waals surface area contributed by atoms with Gasteiger partial charge in [-0.25, -0.2) is 4.39 Å². The van der Waals surface area contributed by atoms with Gasteiger partial charge in [0.2, 0.25) is 0 Å². The molecule has 4 heteroatoms. The first kappa shape index (κ1) is 11.1. The van der Waals surface area contributed by atoms with Gasteiger partial charge < -0.3 is 15.6 Å². The third kappa shape index (κ3) is 3.83. The topological polar surface area (TPSA) is 55.5 Å². The van der Waals surface area contributed by atoms with Gasteiger partial charge in [-0.3, -0.25) is 0 Å². The highest BCUT2D eigenvalue weighted by Crippen LogP contribution is 2.04. The molecule has 0 aromatic heterocycles. The zero-order chi connectivity index (χ0) is 10.4. The van der Waals surface area contributed by atoms with E-state index < -0.39 is 6.10 Å². The summed E-state index contributed by atoms with van der Waals surface area (Å²) in [5, 5.41) is 9.07. The zero-order valence-electron chi connectivity index (χ0n) is 7.82. The highest BCUT2D eigenvalue weighted by molar-refractivity contribution is 5.14. The summed E-state index contributed by atoms with van der Waals surface area (Å²) in [6.07, 6.45) is -0.629. The number of hydrogen-bond donors (Lipinski definition) is 2. The van der Waals surface area contributed by atoms with Gasteiger partial charge in [0.05, 0.1) is 19.3 Å². The third-order valence-electron chi connectivity index (χ3n) is 1.76. The standard InChI is InChI=1S/C10H14FNO2/c11-9-3-1-8(2-4-9)6-14-7-10(13)5-12/h1-4,10,13H,5-7,12H2/t10-/m0/s1. The predicted molar refractivity (Wildman–Crippen MR) is 51.1 cm³/mol. The van der Waals surface area contributed by atoms with E-state index in [-0.39, 0.29) is 19.0 Å². The van der Waals surface area contributed by atoms with E-state index in [1.165, 1.54) is 12.1 Å². The average molecular weight is 199 g/mol. The van der Waals surface area contributed by atoms with Gasteiger partial charge in [0.1, 0.15) is 5.82 Å². The van der Waals surface area contributed by atoms with E-state index in [1.54, 1.807) is 12.1 Å². The minimum Gasteiger partial charge on any atom is -0.389 e. The molecule has 0 heterocycles. The zero-order valence-corrected chi connectivity index (χ0v) is 7.82. The number of benzene rings is 1. The molecule has 14 heavy (non-hydrogen) atoms. The van der Waals surface area contributed by atoms with Crippen molar-refractivity contribution in [1.82, 2.24) is 0 Å². The van der Waals surface area contributed by atoms with Crippen LogP contribution in [0, 0.1) is 5.82 Å². The van der Waals surface area contributed by atoms with Crippen molar-refractivity contribution in [2.24, 2.45) is 5.73 Å². The number of aliphatic hydroxyl groups excluding tert-OH is 1. The van der Waals surface area contributed by atoms with Crippen LogP contribution in [0.25, 0.3) is 0 Å². The smallest absolute Gasteiger partial charge is 0.123 e. The Hall–Kier alpha value is -0.970. The average Bonchev–Trinajstić information content (AvgIpc) is 2.21. The summed E-state index contributed by atoms with van der Waals surface area (Å²) < 4.78 is 17.7. The summed E-state index contributed by atoms with van der Waals surface area (Å²) in [5.74, 6) is -0.268. The van der Waals surface area contributed by atoms with Crippen LogP contribution in [0.1, 0.15) is 5.56 Å². The second kappa shape index (κ2) is 5.70. The van der Waals surface area contributed by atoms with Crippen molar-refractivity contribution in [3.05, 3.63) is 35.6 Å². The molecule has 78 valence electrons. The van der Waals surface area contributed by atoms with Crippen molar-refractivity contribution >= 4 is 0 Å². The molecule has 0 aliphatic carbocycles. The molecule has 0 saturated carbocycles. The van der Waals surface area contributed by atoms with Gasteiger partial charge in [-0.05, 0) is 17.7 Å². The summed E-state index contributed by atoms with van der Waals surface area (Å²) in [6.45, 7) is 0.745. The van der Waals surface area contributed by atoms with E-state index in [1.807, 2.05) is 0 Å². The fourth-order valence-electron chi connectivity index (χ4n) is 0.961. The molecular formula is C10H14FNO2. The van der Waals surface area contributed by atoms with Gasteiger partial charge in [0, 0.05) is 6.54 Å². The Morgan fingerprint density at radius 3 is 2.57 bits per heavy atom. The molecule has 1 rings (SSSR count). The molecule has 1 atom stereocenters. The van der Waals surface area contributed by atoms with Gasteiger partial charge in [-0.1, -0.05) is 12.1 Å². The van der Waals surface area contributed by atoms with Gasteiger partial charge in [0.15, 0.2) is 0 Å². The Morgan fingerprint density at radius 1 is 1.36 bits per heavy atom. The summed E-state index contributed by atoms with van der Waals surface area (Å²) >= 11 is 0. The minimum absolute atomic E-state index is 0.184. The first-order valence-corrected chi connectivity index (χ1v) is 4.42. The Kier molecular flexibility index (Phi) is 4.52. The Bertz CT molecular complexity index is 263. The monoisotopic (exact) mass is 199 g/mol. The number of rotatable bonds is 5. The van der Waals surface area contributed by atoms with E-state index in [0.717, 1.165) is 5.56 Å². The van der Waals surface area contributed by atoms with Crippen molar-refractivity contribution in [3.63, 3.8) is 0 Å². The predicted octanol–water partition coefficient (Wildman–Crippen LogP) is 0.662. The first-order chi connectivity index (χ1) is 6.72. The summed E-state index contributed by atoms with van der Waals surface area (Å²) in [7, 11) is 0. The van der Waals surface area contributed by atoms with E-state index in [0.29, 0.717) is 6.61 Å². The maximum absolute atomic E-state index is 12.5. The molecule has 0 fully saturated rings. The van der Waals surface area contributed by atoms with Gasteiger partial charge in [0.25, 0.3) is 0 Å². The quantitative estimate of drug-likeness (QED) is 0.732. The van der Waals surface area contributed by atoms with Crippen LogP contribution < -0.4 is 5.73 Å². The van der Waals surface area contributed by atoms with Crippen LogP contribution in [0.4, 0.5) is 4.39 Å². The van der Waals surface area contributed by atoms with Crippen LogP contribution in [-0.2, 0) is 11.3 Å². The van der Waals surface area contributed by atoms with Crippen molar-refractivity contribution in [2.45, 2.75) is 12.7 Å². The fraction of sp³-hybridized carbons (Fsp3) is 0.400. The normalized spacial score (nSPS) is 12.8. The first-order valence-electron chi connectivity index (χ1n) is 4.42. The SMILES string of the molecule is NC[C@H](O)COCc1ccc(F)cc1. The molecule has 1 aromatic carbocycles. The second-order valence-electron chi connectivity index (χ2n) is 3.03. The maximum atomic E-state index is 12.5. The van der Waals surface area contributed by atoms with Crippen molar-refractivity contribution in [3.8, 4) is 0 Å². The highest BCUT2D eigenvalue weighted by Gasteiger charge is 2.00. The molecule has 0 radical (unpaired) electrons. The molecule has 0 amide bonds. The van der Waals surface area contributed by atoms with Crippen LogP contribution in [0.3, 0.4) is 0 Å². The molecule has 1 aromatic rings. The summed E-state index contributed by atoms with van der Waals surface area (Å²) in [5.41, 5.74) is 6.06. The molecule has 0 unspecified atom stereocenters.